The lowest BCUT2D eigenvalue weighted by Gasteiger charge is -2.34. The van der Waals surface area contributed by atoms with Crippen molar-refractivity contribution in [2.75, 3.05) is 18.0 Å². The van der Waals surface area contributed by atoms with Gasteiger partial charge < -0.3 is 20.1 Å². The number of pyridine rings is 2. The number of nitrogens with zero attached hydrogens (tertiary/aromatic N) is 5. The third-order valence-electron chi connectivity index (χ3n) is 8.32. The van der Waals surface area contributed by atoms with Crippen molar-refractivity contribution >= 4 is 27.4 Å². The Labute approximate surface area is 246 Å². The van der Waals surface area contributed by atoms with Crippen LogP contribution in [-0.2, 0) is 6.61 Å². The molecule has 5 aromatic rings. The molecule has 0 spiro atoms. The molecule has 5 heterocycles. The average Bonchev–Trinajstić information content (AvgIpc) is 3.33. The molecular formula is C33H28F2N6O2. The molecule has 10 heteroatoms. The van der Waals surface area contributed by atoms with Crippen LogP contribution in [0.5, 0.6) is 11.6 Å². The number of piperazine rings is 1. The van der Waals surface area contributed by atoms with E-state index in [0.29, 0.717) is 51.1 Å². The summed E-state index contributed by atoms with van der Waals surface area (Å²) in [5, 5.41) is 15.7. The Bertz CT molecular complexity index is 1960. The van der Waals surface area contributed by atoms with Gasteiger partial charge in [0.25, 0.3) is 0 Å². The molecule has 0 aliphatic carbocycles. The molecule has 0 amide bonds. The summed E-state index contributed by atoms with van der Waals surface area (Å²) in [6.07, 6.45) is 11.1. The summed E-state index contributed by atoms with van der Waals surface area (Å²) < 4.78 is 37.9. The second-order valence-electron chi connectivity index (χ2n) is 11.2. The van der Waals surface area contributed by atoms with Gasteiger partial charge in [-0.25, -0.2) is 18.7 Å². The summed E-state index contributed by atoms with van der Waals surface area (Å²) in [6, 6.07) is 7.95. The Morgan fingerprint density at radius 3 is 2.60 bits per heavy atom. The van der Waals surface area contributed by atoms with Crippen LogP contribution in [-0.4, -0.2) is 50.2 Å². The largest absolute Gasteiger partial charge is 0.508 e. The van der Waals surface area contributed by atoms with Crippen molar-refractivity contribution < 1.29 is 18.6 Å². The minimum Gasteiger partial charge on any atom is -0.508 e. The number of aromatic hydroxyl groups is 1. The Balaban J connectivity index is 1.44. The molecule has 43 heavy (non-hydrogen) atoms. The van der Waals surface area contributed by atoms with Gasteiger partial charge in [-0.15, -0.1) is 6.42 Å². The maximum absolute atomic E-state index is 16.9. The topological polar surface area (TPSA) is 96.3 Å². The predicted molar refractivity (Wildman–Crippen MR) is 160 cm³/mol. The minimum absolute atomic E-state index is 0.0265. The van der Waals surface area contributed by atoms with Crippen LogP contribution in [0.25, 0.3) is 32.8 Å². The van der Waals surface area contributed by atoms with Gasteiger partial charge in [-0.05, 0) is 56.3 Å². The second-order valence-corrected chi connectivity index (χ2v) is 11.2. The lowest BCUT2D eigenvalue weighted by Crippen LogP contribution is -2.51. The van der Waals surface area contributed by atoms with E-state index in [0.717, 1.165) is 25.9 Å². The van der Waals surface area contributed by atoms with E-state index in [2.05, 4.69) is 31.1 Å². The Morgan fingerprint density at radius 1 is 1.07 bits per heavy atom. The van der Waals surface area contributed by atoms with E-state index < -0.39 is 11.6 Å². The number of ether oxygens (including phenoxy) is 1. The van der Waals surface area contributed by atoms with Crippen LogP contribution in [0.3, 0.4) is 0 Å². The van der Waals surface area contributed by atoms with Crippen molar-refractivity contribution in [2.45, 2.75) is 45.4 Å². The number of phenolic OH excluding ortho intramolecular Hbond substituents is 1. The lowest BCUT2D eigenvalue weighted by atomic mass is 9.95. The van der Waals surface area contributed by atoms with Crippen molar-refractivity contribution in [3.05, 3.63) is 77.0 Å². The maximum atomic E-state index is 16.9. The molecule has 2 bridgehead atoms. The van der Waals surface area contributed by atoms with E-state index in [4.69, 9.17) is 16.1 Å². The molecule has 0 radical (unpaired) electrons. The van der Waals surface area contributed by atoms with Gasteiger partial charge >= 0.3 is 0 Å². The summed E-state index contributed by atoms with van der Waals surface area (Å²) in [7, 11) is 0. The molecule has 2 atom stereocenters. The highest BCUT2D eigenvalue weighted by molar-refractivity contribution is 6.04. The minimum atomic E-state index is -0.640. The van der Waals surface area contributed by atoms with E-state index in [1.807, 2.05) is 0 Å². The monoisotopic (exact) mass is 578 g/mol. The molecule has 7 rings (SSSR count). The Morgan fingerprint density at radius 2 is 1.86 bits per heavy atom. The number of nitrogens with one attached hydrogen (secondary N) is 1. The van der Waals surface area contributed by atoms with E-state index in [-0.39, 0.29) is 40.4 Å². The number of aromatic nitrogens is 4. The number of anilines is 1. The number of rotatable bonds is 5. The summed E-state index contributed by atoms with van der Waals surface area (Å²) >= 11 is 0. The molecule has 2 saturated heterocycles. The SMILES string of the molecule is C#Cc1c(F)ccc2cc(O)cc(-c3ncc4c(N5CC6CCC(C5)N6)nc(OCc5ccnc(C)n5)c(C)c4c3F)c12. The predicted octanol–water partition coefficient (Wildman–Crippen LogP) is 5.34. The number of halogens is 2. The van der Waals surface area contributed by atoms with Crippen molar-refractivity contribution in [1.29, 1.82) is 0 Å². The molecule has 2 fully saturated rings. The third-order valence-corrected chi connectivity index (χ3v) is 8.32. The van der Waals surface area contributed by atoms with Gasteiger partial charge in [-0.2, -0.15) is 4.98 Å². The zero-order chi connectivity index (χ0) is 29.8. The highest BCUT2D eigenvalue weighted by Crippen LogP contribution is 2.41. The molecule has 2 N–H and O–H groups in total. The number of fused-ring (bicyclic) bond motifs is 4. The van der Waals surface area contributed by atoms with Crippen molar-refractivity contribution in [3.8, 4) is 35.2 Å². The van der Waals surface area contributed by atoms with E-state index in [9.17, 15) is 9.50 Å². The van der Waals surface area contributed by atoms with Crippen molar-refractivity contribution in [3.63, 3.8) is 0 Å². The van der Waals surface area contributed by atoms with Gasteiger partial charge in [0.2, 0.25) is 5.88 Å². The fourth-order valence-electron chi connectivity index (χ4n) is 6.39. The molecule has 2 aromatic carbocycles. The van der Waals surface area contributed by atoms with Crippen LogP contribution >= 0.6 is 0 Å². The van der Waals surface area contributed by atoms with Gasteiger partial charge in [0.05, 0.1) is 11.3 Å². The zero-order valence-corrected chi connectivity index (χ0v) is 23.7. The van der Waals surface area contributed by atoms with Crippen LogP contribution in [0.15, 0.2) is 42.7 Å². The molecule has 3 aromatic heterocycles. The standard InChI is InChI=1S/C33H28F2N6O2/c1-4-24-27(34)8-5-19-11-23(42)12-25(29(19)24)31-30(35)28-17(2)33(43-16-22-9-10-36-18(3)38-22)40-32(26(28)13-37-31)41-14-20-6-7-21(15-41)39-20/h1,5,8-13,20-21,39,42H,6-7,14-16H2,2-3H3. The summed E-state index contributed by atoms with van der Waals surface area (Å²) in [5.74, 6) is 2.49. The molecule has 2 aliphatic heterocycles. The van der Waals surface area contributed by atoms with Gasteiger partial charge in [-0.3, -0.25) is 4.98 Å². The molecule has 216 valence electrons. The average molecular weight is 579 g/mol. The first-order valence-corrected chi connectivity index (χ1v) is 14.1. The lowest BCUT2D eigenvalue weighted by molar-refractivity contribution is 0.287. The molecule has 8 nitrogen and oxygen atoms in total. The van der Waals surface area contributed by atoms with Gasteiger partial charge in [0, 0.05) is 64.9 Å². The van der Waals surface area contributed by atoms with Crippen molar-refractivity contribution in [1.82, 2.24) is 25.3 Å². The first-order chi connectivity index (χ1) is 20.8. The summed E-state index contributed by atoms with van der Waals surface area (Å²) in [6.45, 7) is 5.11. The highest BCUT2D eigenvalue weighted by atomic mass is 19.1. The Kier molecular flexibility index (Phi) is 6.55. The van der Waals surface area contributed by atoms with E-state index in [1.54, 1.807) is 32.3 Å². The van der Waals surface area contributed by atoms with E-state index in [1.165, 1.54) is 24.3 Å². The molecule has 0 saturated carbocycles. The highest BCUT2D eigenvalue weighted by Gasteiger charge is 2.34. The Hall–Kier alpha value is -4.88. The molecule has 2 aliphatic rings. The van der Waals surface area contributed by atoms with E-state index >= 15 is 4.39 Å². The van der Waals surface area contributed by atoms with Crippen LogP contribution in [0.1, 0.15) is 35.5 Å². The number of benzene rings is 2. The summed E-state index contributed by atoms with van der Waals surface area (Å²) in [4.78, 5) is 20.2. The normalized spacial score (nSPS) is 17.9. The quantitative estimate of drug-likeness (QED) is 0.270. The van der Waals surface area contributed by atoms with Crippen LogP contribution < -0.4 is 15.0 Å². The summed E-state index contributed by atoms with van der Waals surface area (Å²) in [5.41, 5.74) is 1.26. The molecule has 2 unspecified atom stereocenters. The fourth-order valence-corrected chi connectivity index (χ4v) is 6.39. The maximum Gasteiger partial charge on any atom is 0.219 e. The first-order valence-electron chi connectivity index (χ1n) is 14.1. The van der Waals surface area contributed by atoms with Crippen molar-refractivity contribution in [2.24, 2.45) is 0 Å². The second kappa shape index (κ2) is 10.4. The smallest absolute Gasteiger partial charge is 0.219 e. The molecular weight excluding hydrogens is 550 g/mol. The fraction of sp³-hybridized carbons (Fsp3) is 0.273. The van der Waals surface area contributed by atoms with Crippen LogP contribution in [0, 0.1) is 37.8 Å². The van der Waals surface area contributed by atoms with Crippen LogP contribution in [0.2, 0.25) is 0 Å². The zero-order valence-electron chi connectivity index (χ0n) is 23.7. The number of aryl methyl sites for hydroxylation is 2. The number of phenols is 1. The first kappa shape index (κ1) is 27.0. The van der Waals surface area contributed by atoms with Gasteiger partial charge in [0.15, 0.2) is 5.82 Å². The van der Waals surface area contributed by atoms with Gasteiger partial charge in [-0.1, -0.05) is 12.0 Å². The number of hydrogen-bond donors (Lipinski definition) is 2. The van der Waals surface area contributed by atoms with Gasteiger partial charge in [0.1, 0.15) is 35.5 Å². The number of terminal acetylenes is 1. The number of hydrogen-bond acceptors (Lipinski definition) is 8. The van der Waals surface area contributed by atoms with Crippen LogP contribution in [0.4, 0.5) is 14.6 Å². The third kappa shape index (κ3) is 4.66.